The van der Waals surface area contributed by atoms with Crippen LogP contribution in [0.3, 0.4) is 0 Å². The predicted octanol–water partition coefficient (Wildman–Crippen LogP) is 1.71. The average Bonchev–Trinajstić information content (AvgIpc) is 2.18. The zero-order valence-electron chi connectivity index (χ0n) is 8.77. The Morgan fingerprint density at radius 2 is 2.00 bits per heavy atom. The van der Waals surface area contributed by atoms with Crippen molar-refractivity contribution in [1.29, 1.82) is 0 Å². The zero-order chi connectivity index (χ0) is 10.6. The van der Waals surface area contributed by atoms with Gasteiger partial charge in [-0.05, 0) is 17.0 Å². The normalized spacial score (nSPS) is 13.2. The lowest BCUT2D eigenvalue weighted by atomic mass is 9.98. The molecule has 0 aromatic heterocycles. The van der Waals surface area contributed by atoms with E-state index >= 15 is 0 Å². The van der Waals surface area contributed by atoms with Crippen molar-refractivity contribution in [2.24, 2.45) is 0 Å². The van der Waals surface area contributed by atoms with Gasteiger partial charge in [0.25, 0.3) is 0 Å². The van der Waals surface area contributed by atoms with Gasteiger partial charge in [0.2, 0.25) is 0 Å². The molecule has 0 heterocycles. The summed E-state index contributed by atoms with van der Waals surface area (Å²) in [6.07, 6.45) is -0.116. The summed E-state index contributed by atoms with van der Waals surface area (Å²) in [4.78, 5) is 0. The first-order chi connectivity index (χ1) is 6.63. The molecule has 2 heteroatoms. The van der Waals surface area contributed by atoms with Gasteiger partial charge in [-0.15, -0.1) is 0 Å². The van der Waals surface area contributed by atoms with Crippen molar-refractivity contribution in [1.82, 2.24) is 0 Å². The second kappa shape index (κ2) is 5.13. The summed E-state index contributed by atoms with van der Waals surface area (Å²) < 4.78 is 0. The monoisotopic (exact) mass is 194 g/mol. The molecular formula is C12H18O2. The Balaban J connectivity index is 2.73. The maximum Gasteiger partial charge on any atom is 0.0811 e. The molecule has 1 unspecified atom stereocenters. The molecular weight excluding hydrogens is 176 g/mol. The minimum absolute atomic E-state index is 0.175. The Labute approximate surface area is 85.2 Å². The molecule has 0 saturated carbocycles. The molecule has 0 aliphatic heterocycles. The van der Waals surface area contributed by atoms with E-state index in [1.54, 1.807) is 0 Å². The van der Waals surface area contributed by atoms with Gasteiger partial charge in [-0.2, -0.15) is 0 Å². The number of hydrogen-bond donors (Lipinski definition) is 2. The summed E-state index contributed by atoms with van der Waals surface area (Å²) in [5.74, 6) is 0.501. The number of aliphatic hydroxyl groups is 2. The quantitative estimate of drug-likeness (QED) is 0.766. The first kappa shape index (κ1) is 11.2. The lowest BCUT2D eigenvalue weighted by Crippen LogP contribution is -2.15. The van der Waals surface area contributed by atoms with Gasteiger partial charge < -0.3 is 10.2 Å². The summed E-state index contributed by atoms with van der Waals surface area (Å²) >= 11 is 0. The molecule has 1 aromatic carbocycles. The van der Waals surface area contributed by atoms with E-state index in [1.807, 2.05) is 12.1 Å². The van der Waals surface area contributed by atoms with Crippen molar-refractivity contribution < 1.29 is 10.2 Å². The van der Waals surface area contributed by atoms with Crippen LogP contribution in [0.5, 0.6) is 0 Å². The molecule has 0 fully saturated rings. The molecule has 0 bridgehead atoms. The van der Waals surface area contributed by atoms with E-state index in [1.165, 1.54) is 5.56 Å². The van der Waals surface area contributed by atoms with Crippen LogP contribution < -0.4 is 0 Å². The number of hydrogen-bond acceptors (Lipinski definition) is 2. The van der Waals surface area contributed by atoms with Crippen LogP contribution in [-0.2, 0) is 6.42 Å². The van der Waals surface area contributed by atoms with Crippen molar-refractivity contribution in [2.45, 2.75) is 32.3 Å². The molecule has 1 rings (SSSR count). The fraction of sp³-hybridized carbons (Fsp3) is 0.500. The van der Waals surface area contributed by atoms with Crippen LogP contribution >= 0.6 is 0 Å². The fourth-order valence-corrected chi connectivity index (χ4v) is 1.42. The van der Waals surface area contributed by atoms with Crippen molar-refractivity contribution in [3.8, 4) is 0 Å². The van der Waals surface area contributed by atoms with Gasteiger partial charge >= 0.3 is 0 Å². The summed E-state index contributed by atoms with van der Waals surface area (Å²) in [6.45, 7) is 4.11. The first-order valence-electron chi connectivity index (χ1n) is 5.01. The SMILES string of the molecule is CC(C)c1cccc(CC(O)CO)c1. The topological polar surface area (TPSA) is 40.5 Å². The van der Waals surface area contributed by atoms with Crippen LogP contribution in [0, 0.1) is 0 Å². The van der Waals surface area contributed by atoms with E-state index in [-0.39, 0.29) is 6.61 Å². The summed E-state index contributed by atoms with van der Waals surface area (Å²) in [5, 5.41) is 18.0. The van der Waals surface area contributed by atoms with E-state index in [9.17, 15) is 5.11 Å². The van der Waals surface area contributed by atoms with Gasteiger partial charge in [-0.25, -0.2) is 0 Å². The predicted molar refractivity (Wildman–Crippen MR) is 57.3 cm³/mol. The highest BCUT2D eigenvalue weighted by Gasteiger charge is 2.05. The molecule has 2 N–H and O–H groups in total. The van der Waals surface area contributed by atoms with Crippen molar-refractivity contribution in [3.05, 3.63) is 35.4 Å². The lowest BCUT2D eigenvalue weighted by molar-refractivity contribution is 0.0955. The van der Waals surface area contributed by atoms with E-state index < -0.39 is 6.10 Å². The minimum atomic E-state index is -0.641. The van der Waals surface area contributed by atoms with Gasteiger partial charge in [0.1, 0.15) is 0 Å². The summed E-state index contributed by atoms with van der Waals surface area (Å²) in [6, 6.07) is 8.14. The second-order valence-corrected chi connectivity index (χ2v) is 3.94. The Morgan fingerprint density at radius 1 is 1.29 bits per heavy atom. The minimum Gasteiger partial charge on any atom is -0.394 e. The maximum absolute atomic E-state index is 9.29. The van der Waals surface area contributed by atoms with Crippen molar-refractivity contribution >= 4 is 0 Å². The third-order valence-corrected chi connectivity index (χ3v) is 2.30. The third-order valence-electron chi connectivity index (χ3n) is 2.30. The molecule has 1 aromatic rings. The molecule has 0 spiro atoms. The molecule has 0 amide bonds. The zero-order valence-corrected chi connectivity index (χ0v) is 8.77. The largest absolute Gasteiger partial charge is 0.394 e. The molecule has 0 aliphatic carbocycles. The van der Waals surface area contributed by atoms with Crippen LogP contribution in [0.25, 0.3) is 0 Å². The molecule has 2 nitrogen and oxygen atoms in total. The van der Waals surface area contributed by atoms with Gasteiger partial charge in [0, 0.05) is 6.42 Å². The fourth-order valence-electron chi connectivity index (χ4n) is 1.42. The molecule has 0 aliphatic rings. The van der Waals surface area contributed by atoms with Gasteiger partial charge in [0.15, 0.2) is 0 Å². The third kappa shape index (κ3) is 3.13. The number of benzene rings is 1. The molecule has 1 atom stereocenters. The first-order valence-corrected chi connectivity index (χ1v) is 5.01. The average molecular weight is 194 g/mol. The highest BCUT2D eigenvalue weighted by molar-refractivity contribution is 5.26. The standard InChI is InChI=1S/C12H18O2/c1-9(2)11-5-3-4-10(6-11)7-12(14)8-13/h3-6,9,12-14H,7-8H2,1-2H3. The smallest absolute Gasteiger partial charge is 0.0811 e. The van der Waals surface area contributed by atoms with Crippen LogP contribution in [0.4, 0.5) is 0 Å². The second-order valence-electron chi connectivity index (χ2n) is 3.94. The van der Waals surface area contributed by atoms with Crippen LogP contribution in [-0.4, -0.2) is 22.9 Å². The van der Waals surface area contributed by atoms with Crippen molar-refractivity contribution in [2.75, 3.05) is 6.61 Å². The summed E-state index contributed by atoms with van der Waals surface area (Å²) in [5.41, 5.74) is 2.35. The maximum atomic E-state index is 9.29. The summed E-state index contributed by atoms with van der Waals surface area (Å²) in [7, 11) is 0. The number of aliphatic hydroxyl groups excluding tert-OH is 2. The Kier molecular flexibility index (Phi) is 4.11. The molecule has 78 valence electrons. The van der Waals surface area contributed by atoms with Crippen LogP contribution in [0.15, 0.2) is 24.3 Å². The van der Waals surface area contributed by atoms with Gasteiger partial charge in [-0.1, -0.05) is 38.1 Å². The van der Waals surface area contributed by atoms with E-state index in [0.29, 0.717) is 12.3 Å². The van der Waals surface area contributed by atoms with Crippen molar-refractivity contribution in [3.63, 3.8) is 0 Å². The van der Waals surface area contributed by atoms with Gasteiger partial charge in [-0.3, -0.25) is 0 Å². The lowest BCUT2D eigenvalue weighted by Gasteiger charge is -2.10. The van der Waals surface area contributed by atoms with E-state index in [0.717, 1.165) is 5.56 Å². The van der Waals surface area contributed by atoms with E-state index in [4.69, 9.17) is 5.11 Å². The highest BCUT2D eigenvalue weighted by atomic mass is 16.3. The Hall–Kier alpha value is -0.860. The van der Waals surface area contributed by atoms with Crippen LogP contribution in [0.1, 0.15) is 30.9 Å². The molecule has 0 saturated heterocycles. The van der Waals surface area contributed by atoms with Crippen LogP contribution in [0.2, 0.25) is 0 Å². The Morgan fingerprint density at radius 3 is 2.57 bits per heavy atom. The molecule has 14 heavy (non-hydrogen) atoms. The van der Waals surface area contributed by atoms with Gasteiger partial charge in [0.05, 0.1) is 12.7 Å². The number of rotatable bonds is 4. The molecule has 0 radical (unpaired) electrons. The highest BCUT2D eigenvalue weighted by Crippen LogP contribution is 2.16. The Bertz CT molecular complexity index is 281. The van der Waals surface area contributed by atoms with E-state index in [2.05, 4.69) is 26.0 Å².